The molecule has 0 saturated heterocycles. The van der Waals surface area contributed by atoms with E-state index >= 15 is 0 Å². The number of benzene rings is 1. The first-order valence-corrected chi connectivity index (χ1v) is 9.57. The maximum atomic E-state index is 11.6. The molecule has 0 saturated carbocycles. The largest absolute Gasteiger partial charge is 0.469 e. The summed E-state index contributed by atoms with van der Waals surface area (Å²) in [5.74, 6) is 0.334. The molecule has 0 aromatic heterocycles. The van der Waals surface area contributed by atoms with Crippen molar-refractivity contribution in [2.24, 2.45) is 5.92 Å². The second-order valence-corrected chi connectivity index (χ2v) is 7.83. The minimum absolute atomic E-state index is 0.0936. The lowest BCUT2D eigenvalue weighted by molar-refractivity contribution is -0.141. The van der Waals surface area contributed by atoms with Gasteiger partial charge >= 0.3 is 5.97 Å². The first-order chi connectivity index (χ1) is 12.1. The fourth-order valence-electron chi connectivity index (χ4n) is 3.11. The summed E-state index contributed by atoms with van der Waals surface area (Å²) < 4.78 is 4.80. The SMILES string of the molecule is CCC(CC(=O)OC)c1ccc(N(CC(C)C)CC(C)(O)CC)c(N)c1. The van der Waals surface area contributed by atoms with Gasteiger partial charge in [-0.15, -0.1) is 0 Å². The van der Waals surface area contributed by atoms with Crippen LogP contribution in [0.4, 0.5) is 11.4 Å². The van der Waals surface area contributed by atoms with E-state index in [4.69, 9.17) is 10.5 Å². The fraction of sp³-hybridized carbons (Fsp3) is 0.667. The number of esters is 1. The van der Waals surface area contributed by atoms with Crippen molar-refractivity contribution in [2.75, 3.05) is 30.8 Å². The van der Waals surface area contributed by atoms with Gasteiger partial charge in [0, 0.05) is 13.1 Å². The van der Waals surface area contributed by atoms with E-state index in [0.717, 1.165) is 24.2 Å². The van der Waals surface area contributed by atoms with Crippen LogP contribution in [0.5, 0.6) is 0 Å². The van der Waals surface area contributed by atoms with Crippen LogP contribution in [-0.4, -0.2) is 36.9 Å². The van der Waals surface area contributed by atoms with E-state index in [9.17, 15) is 9.90 Å². The van der Waals surface area contributed by atoms with Crippen LogP contribution >= 0.6 is 0 Å². The zero-order valence-corrected chi connectivity index (χ0v) is 17.2. The molecule has 1 aromatic rings. The highest BCUT2D eigenvalue weighted by Crippen LogP contribution is 2.32. The van der Waals surface area contributed by atoms with Gasteiger partial charge in [0.25, 0.3) is 0 Å². The van der Waals surface area contributed by atoms with Crippen LogP contribution in [-0.2, 0) is 9.53 Å². The van der Waals surface area contributed by atoms with Gasteiger partial charge in [-0.3, -0.25) is 4.79 Å². The fourth-order valence-corrected chi connectivity index (χ4v) is 3.11. The predicted octanol–water partition coefficient (Wildman–Crippen LogP) is 3.95. The van der Waals surface area contributed by atoms with Gasteiger partial charge in [-0.25, -0.2) is 0 Å². The summed E-state index contributed by atoms with van der Waals surface area (Å²) in [6, 6.07) is 6.01. The molecule has 5 nitrogen and oxygen atoms in total. The average molecular weight is 365 g/mol. The maximum Gasteiger partial charge on any atom is 0.306 e. The first-order valence-electron chi connectivity index (χ1n) is 9.57. The van der Waals surface area contributed by atoms with Gasteiger partial charge < -0.3 is 20.5 Å². The highest BCUT2D eigenvalue weighted by molar-refractivity contribution is 5.72. The second-order valence-electron chi connectivity index (χ2n) is 7.83. The third-order valence-corrected chi connectivity index (χ3v) is 4.88. The van der Waals surface area contributed by atoms with Crippen LogP contribution in [0, 0.1) is 5.92 Å². The lowest BCUT2D eigenvalue weighted by Gasteiger charge is -2.34. The van der Waals surface area contributed by atoms with Crippen molar-refractivity contribution in [3.8, 4) is 0 Å². The molecule has 1 aromatic carbocycles. The number of nitrogen functional groups attached to an aromatic ring is 1. The Hall–Kier alpha value is -1.75. The van der Waals surface area contributed by atoms with Gasteiger partial charge in [-0.2, -0.15) is 0 Å². The maximum absolute atomic E-state index is 11.6. The van der Waals surface area contributed by atoms with Crippen molar-refractivity contribution < 1.29 is 14.6 Å². The molecule has 3 N–H and O–H groups in total. The van der Waals surface area contributed by atoms with Crippen molar-refractivity contribution in [3.63, 3.8) is 0 Å². The summed E-state index contributed by atoms with van der Waals surface area (Å²) in [6.07, 6.45) is 1.87. The number of hydrogen-bond donors (Lipinski definition) is 2. The third-order valence-electron chi connectivity index (χ3n) is 4.88. The number of aliphatic hydroxyl groups is 1. The normalized spacial score (nSPS) is 14.8. The minimum atomic E-state index is -0.767. The Labute approximate surface area is 158 Å². The van der Waals surface area contributed by atoms with E-state index in [-0.39, 0.29) is 11.9 Å². The van der Waals surface area contributed by atoms with Crippen molar-refractivity contribution >= 4 is 17.3 Å². The Morgan fingerprint density at radius 1 is 1.35 bits per heavy atom. The predicted molar refractivity (Wildman–Crippen MR) is 108 cm³/mol. The Kier molecular flexibility index (Phi) is 8.41. The Morgan fingerprint density at radius 3 is 2.46 bits per heavy atom. The Bertz CT molecular complexity index is 585. The van der Waals surface area contributed by atoms with Crippen LogP contribution in [0.1, 0.15) is 65.4 Å². The van der Waals surface area contributed by atoms with Crippen LogP contribution in [0.2, 0.25) is 0 Å². The van der Waals surface area contributed by atoms with Gasteiger partial charge in [0.05, 0.1) is 30.5 Å². The third kappa shape index (κ3) is 6.52. The highest BCUT2D eigenvalue weighted by Gasteiger charge is 2.24. The summed E-state index contributed by atoms with van der Waals surface area (Å²) in [4.78, 5) is 13.8. The van der Waals surface area contributed by atoms with E-state index in [1.165, 1.54) is 7.11 Å². The topological polar surface area (TPSA) is 75.8 Å². The van der Waals surface area contributed by atoms with Gasteiger partial charge in [-0.1, -0.05) is 33.8 Å². The monoisotopic (exact) mass is 364 g/mol. The van der Waals surface area contributed by atoms with Crippen LogP contribution < -0.4 is 10.6 Å². The molecule has 0 radical (unpaired) electrons. The number of carbonyl (C=O) groups is 1. The van der Waals surface area contributed by atoms with E-state index in [1.54, 1.807) is 0 Å². The van der Waals surface area contributed by atoms with E-state index < -0.39 is 5.60 Å². The standard InChI is InChI=1S/C21H36N2O3/c1-7-16(12-20(24)26-6)17-9-10-19(18(22)11-17)23(13-15(3)4)14-21(5,25)8-2/h9-11,15-16,25H,7-8,12-14,22H2,1-6H3. The summed E-state index contributed by atoms with van der Waals surface area (Å²) in [6.45, 7) is 11.6. The average Bonchev–Trinajstić information content (AvgIpc) is 2.58. The summed E-state index contributed by atoms with van der Waals surface area (Å²) >= 11 is 0. The van der Waals surface area contributed by atoms with E-state index in [2.05, 4.69) is 25.7 Å². The Morgan fingerprint density at radius 2 is 2.00 bits per heavy atom. The molecule has 0 heterocycles. The number of nitrogens with two attached hydrogens (primary N) is 1. The van der Waals surface area contributed by atoms with Crippen LogP contribution in [0.3, 0.4) is 0 Å². The minimum Gasteiger partial charge on any atom is -0.469 e. The van der Waals surface area contributed by atoms with Crippen molar-refractivity contribution in [1.82, 2.24) is 0 Å². The molecule has 0 aliphatic rings. The van der Waals surface area contributed by atoms with Crippen molar-refractivity contribution in [3.05, 3.63) is 23.8 Å². The second kappa shape index (κ2) is 9.81. The van der Waals surface area contributed by atoms with Gasteiger partial charge in [-0.05, 0) is 49.3 Å². The molecule has 2 atom stereocenters. The number of nitrogens with zero attached hydrogens (tertiary/aromatic N) is 1. The van der Waals surface area contributed by atoms with Gasteiger partial charge in [0.1, 0.15) is 0 Å². The van der Waals surface area contributed by atoms with Crippen LogP contribution in [0.15, 0.2) is 18.2 Å². The lowest BCUT2D eigenvalue weighted by Crippen LogP contribution is -2.42. The number of methoxy groups -OCH3 is 1. The molecule has 1 rings (SSSR count). The number of hydrogen-bond acceptors (Lipinski definition) is 5. The molecule has 0 aliphatic heterocycles. The molecule has 5 heteroatoms. The molecule has 0 spiro atoms. The van der Waals surface area contributed by atoms with Gasteiger partial charge in [0.2, 0.25) is 0 Å². The van der Waals surface area contributed by atoms with Crippen molar-refractivity contribution in [2.45, 2.75) is 65.4 Å². The molecule has 26 heavy (non-hydrogen) atoms. The molecule has 0 bridgehead atoms. The molecule has 2 unspecified atom stereocenters. The number of ether oxygens (including phenoxy) is 1. The Balaban J connectivity index is 3.12. The summed E-state index contributed by atoms with van der Waals surface area (Å²) in [5.41, 5.74) is 8.27. The highest BCUT2D eigenvalue weighted by atomic mass is 16.5. The van der Waals surface area contributed by atoms with E-state index in [1.807, 2.05) is 32.0 Å². The van der Waals surface area contributed by atoms with Crippen molar-refractivity contribution in [1.29, 1.82) is 0 Å². The summed E-state index contributed by atoms with van der Waals surface area (Å²) in [5, 5.41) is 10.5. The first kappa shape index (κ1) is 22.3. The zero-order valence-electron chi connectivity index (χ0n) is 17.2. The lowest BCUT2D eigenvalue weighted by atomic mass is 9.92. The molecule has 148 valence electrons. The molecule has 0 fully saturated rings. The molecular weight excluding hydrogens is 328 g/mol. The summed E-state index contributed by atoms with van der Waals surface area (Å²) in [7, 11) is 1.41. The molecular formula is C21H36N2O3. The van der Waals surface area contributed by atoms with E-state index in [0.29, 0.717) is 31.0 Å². The molecule has 0 aliphatic carbocycles. The van der Waals surface area contributed by atoms with Gasteiger partial charge in [0.15, 0.2) is 0 Å². The number of rotatable bonds is 10. The van der Waals surface area contributed by atoms with Crippen LogP contribution in [0.25, 0.3) is 0 Å². The molecule has 0 amide bonds. The number of carbonyl (C=O) groups excluding carboxylic acids is 1. The number of anilines is 2. The zero-order chi connectivity index (χ0) is 19.9. The quantitative estimate of drug-likeness (QED) is 0.486. The smallest absolute Gasteiger partial charge is 0.306 e.